The Balaban J connectivity index is 1.66. The van der Waals surface area contributed by atoms with E-state index in [1.54, 1.807) is 6.07 Å². The van der Waals surface area contributed by atoms with E-state index in [-0.39, 0.29) is 24.4 Å². The molecule has 0 bridgehead atoms. The van der Waals surface area contributed by atoms with E-state index in [4.69, 9.17) is 9.47 Å². The van der Waals surface area contributed by atoms with Gasteiger partial charge in [0.2, 0.25) is 5.91 Å². The van der Waals surface area contributed by atoms with Gasteiger partial charge < -0.3 is 20.1 Å². The molecule has 132 valence electrons. The lowest BCUT2D eigenvalue weighted by atomic mass is 10.1. The highest BCUT2D eigenvalue weighted by Crippen LogP contribution is 2.36. The minimum Gasteiger partial charge on any atom is -0.486 e. The zero-order valence-corrected chi connectivity index (χ0v) is 14.9. The average molecular weight is 360 g/mol. The van der Waals surface area contributed by atoms with Crippen molar-refractivity contribution in [1.82, 2.24) is 10.6 Å². The molecule has 1 aromatic carbocycles. The van der Waals surface area contributed by atoms with Crippen molar-refractivity contribution in [2.24, 2.45) is 0 Å². The highest BCUT2D eigenvalue weighted by molar-refractivity contribution is 7.17. The summed E-state index contributed by atoms with van der Waals surface area (Å²) in [5.41, 5.74) is 0.964. The van der Waals surface area contributed by atoms with Crippen LogP contribution in [0.1, 0.15) is 23.5 Å². The van der Waals surface area contributed by atoms with E-state index < -0.39 is 0 Å². The van der Waals surface area contributed by atoms with E-state index >= 15 is 0 Å². The Morgan fingerprint density at radius 2 is 1.88 bits per heavy atom. The van der Waals surface area contributed by atoms with Crippen LogP contribution in [0, 0.1) is 0 Å². The van der Waals surface area contributed by atoms with Crippen LogP contribution in [0.15, 0.2) is 30.3 Å². The summed E-state index contributed by atoms with van der Waals surface area (Å²) in [7, 11) is 0. The second-order valence-corrected chi connectivity index (χ2v) is 7.01. The summed E-state index contributed by atoms with van der Waals surface area (Å²) >= 11 is 1.37. The fraction of sp³-hybridized carbons (Fsp3) is 0.333. The minimum atomic E-state index is -0.257. The first-order chi connectivity index (χ1) is 12.0. The van der Waals surface area contributed by atoms with Gasteiger partial charge in [-0.05, 0) is 49.7 Å². The van der Waals surface area contributed by atoms with Gasteiger partial charge in [-0.3, -0.25) is 9.59 Å². The first-order valence-electron chi connectivity index (χ1n) is 8.10. The number of amides is 2. The van der Waals surface area contributed by atoms with E-state index in [0.29, 0.717) is 23.8 Å². The van der Waals surface area contributed by atoms with Crippen LogP contribution in [0.25, 0.3) is 10.4 Å². The fourth-order valence-corrected chi connectivity index (χ4v) is 3.35. The molecule has 6 nitrogen and oxygen atoms in total. The molecule has 2 N–H and O–H groups in total. The lowest BCUT2D eigenvalue weighted by Gasteiger charge is -2.18. The molecule has 0 radical (unpaired) electrons. The second kappa shape index (κ2) is 7.57. The molecule has 0 saturated heterocycles. The molecular weight excluding hydrogens is 340 g/mol. The maximum Gasteiger partial charge on any atom is 0.261 e. The van der Waals surface area contributed by atoms with E-state index in [0.717, 1.165) is 16.2 Å². The van der Waals surface area contributed by atoms with Crippen LogP contribution >= 0.6 is 11.3 Å². The van der Waals surface area contributed by atoms with Crippen molar-refractivity contribution in [3.05, 3.63) is 35.2 Å². The summed E-state index contributed by atoms with van der Waals surface area (Å²) in [6.45, 7) is 4.80. The van der Waals surface area contributed by atoms with Crippen LogP contribution in [0.3, 0.4) is 0 Å². The van der Waals surface area contributed by atoms with Crippen molar-refractivity contribution in [3.8, 4) is 21.9 Å². The normalized spacial score (nSPS) is 12.8. The molecule has 0 atom stereocenters. The summed E-state index contributed by atoms with van der Waals surface area (Å²) in [6.07, 6.45) is 0. The topological polar surface area (TPSA) is 76.7 Å². The molecule has 1 aliphatic heterocycles. The largest absolute Gasteiger partial charge is 0.486 e. The van der Waals surface area contributed by atoms with Crippen LogP contribution < -0.4 is 20.1 Å². The zero-order valence-electron chi connectivity index (χ0n) is 14.1. The molecular formula is C18H20N2O4S. The zero-order chi connectivity index (χ0) is 17.8. The quantitative estimate of drug-likeness (QED) is 0.859. The molecule has 2 heterocycles. The molecule has 1 aromatic heterocycles. The van der Waals surface area contributed by atoms with Gasteiger partial charge in [0.25, 0.3) is 5.91 Å². The number of hydrogen-bond acceptors (Lipinski definition) is 5. The van der Waals surface area contributed by atoms with Crippen LogP contribution in [-0.4, -0.2) is 37.6 Å². The Morgan fingerprint density at radius 1 is 1.12 bits per heavy atom. The molecule has 0 fully saturated rings. The molecule has 0 unspecified atom stereocenters. The van der Waals surface area contributed by atoms with E-state index in [1.165, 1.54) is 11.3 Å². The van der Waals surface area contributed by atoms with Crippen molar-refractivity contribution < 1.29 is 19.1 Å². The second-order valence-electron chi connectivity index (χ2n) is 5.93. The standard InChI is InChI=1S/C18H20N2O4S/c1-11(2)20-17(21)10-19-18(22)16-6-5-15(25-16)12-3-4-13-14(9-12)24-8-7-23-13/h3-6,9,11H,7-8,10H2,1-2H3,(H,19,22)(H,20,21). The Hall–Kier alpha value is -2.54. The van der Waals surface area contributed by atoms with Crippen molar-refractivity contribution in [1.29, 1.82) is 0 Å². The highest BCUT2D eigenvalue weighted by atomic mass is 32.1. The molecule has 2 aromatic rings. The van der Waals surface area contributed by atoms with Gasteiger partial charge in [-0.25, -0.2) is 0 Å². The Kier molecular flexibility index (Phi) is 5.23. The first-order valence-corrected chi connectivity index (χ1v) is 8.92. The number of benzene rings is 1. The number of hydrogen-bond donors (Lipinski definition) is 2. The number of ether oxygens (including phenoxy) is 2. The van der Waals surface area contributed by atoms with Gasteiger partial charge in [-0.2, -0.15) is 0 Å². The lowest BCUT2D eigenvalue weighted by molar-refractivity contribution is -0.120. The third-order valence-electron chi connectivity index (χ3n) is 3.52. The van der Waals surface area contributed by atoms with E-state index in [2.05, 4.69) is 10.6 Å². The molecule has 2 amide bonds. The molecule has 3 rings (SSSR count). The number of thiophene rings is 1. The van der Waals surface area contributed by atoms with Gasteiger partial charge >= 0.3 is 0 Å². The third-order valence-corrected chi connectivity index (χ3v) is 4.65. The summed E-state index contributed by atoms with van der Waals surface area (Å²) in [6, 6.07) is 9.42. The van der Waals surface area contributed by atoms with Crippen molar-refractivity contribution in [2.45, 2.75) is 19.9 Å². The van der Waals surface area contributed by atoms with E-state index in [1.807, 2.05) is 38.1 Å². The summed E-state index contributed by atoms with van der Waals surface area (Å²) in [5.74, 6) is 0.994. The molecule has 0 saturated carbocycles. The van der Waals surface area contributed by atoms with Gasteiger partial charge in [0.1, 0.15) is 13.2 Å². The van der Waals surface area contributed by atoms with Gasteiger partial charge in [0.15, 0.2) is 11.5 Å². The molecule has 7 heteroatoms. The summed E-state index contributed by atoms with van der Waals surface area (Å²) in [4.78, 5) is 25.3. The minimum absolute atomic E-state index is 0.0335. The summed E-state index contributed by atoms with van der Waals surface area (Å²) < 4.78 is 11.1. The number of fused-ring (bicyclic) bond motifs is 1. The van der Waals surface area contributed by atoms with Crippen molar-refractivity contribution >= 4 is 23.2 Å². The number of carbonyl (C=O) groups excluding carboxylic acids is 2. The predicted molar refractivity (Wildman–Crippen MR) is 96.4 cm³/mol. The maximum atomic E-state index is 12.2. The monoisotopic (exact) mass is 360 g/mol. The Morgan fingerprint density at radius 3 is 2.64 bits per heavy atom. The Labute approximate surface area is 150 Å². The first kappa shape index (κ1) is 17.3. The maximum absolute atomic E-state index is 12.2. The average Bonchev–Trinajstić information content (AvgIpc) is 3.09. The number of nitrogens with one attached hydrogen (secondary N) is 2. The van der Waals surface area contributed by atoms with Crippen LogP contribution in [0.4, 0.5) is 0 Å². The van der Waals surface area contributed by atoms with Gasteiger partial charge in [0.05, 0.1) is 11.4 Å². The Bertz CT molecular complexity index is 785. The third kappa shape index (κ3) is 4.30. The number of rotatable bonds is 5. The van der Waals surface area contributed by atoms with Crippen molar-refractivity contribution in [3.63, 3.8) is 0 Å². The van der Waals surface area contributed by atoms with E-state index in [9.17, 15) is 9.59 Å². The molecule has 1 aliphatic rings. The SMILES string of the molecule is CC(C)NC(=O)CNC(=O)c1ccc(-c2ccc3c(c2)OCCO3)s1. The summed E-state index contributed by atoms with van der Waals surface area (Å²) in [5, 5.41) is 5.37. The van der Waals surface area contributed by atoms with Gasteiger partial charge in [-0.15, -0.1) is 11.3 Å². The highest BCUT2D eigenvalue weighted by Gasteiger charge is 2.15. The number of carbonyl (C=O) groups is 2. The molecule has 25 heavy (non-hydrogen) atoms. The fourth-order valence-electron chi connectivity index (χ4n) is 2.43. The van der Waals surface area contributed by atoms with Crippen LogP contribution in [-0.2, 0) is 4.79 Å². The van der Waals surface area contributed by atoms with Crippen LogP contribution in [0.5, 0.6) is 11.5 Å². The molecule has 0 spiro atoms. The lowest BCUT2D eigenvalue weighted by Crippen LogP contribution is -2.39. The van der Waals surface area contributed by atoms with Gasteiger partial charge in [-0.1, -0.05) is 0 Å². The predicted octanol–water partition coefficient (Wildman–Crippen LogP) is 2.44. The van der Waals surface area contributed by atoms with Gasteiger partial charge in [0, 0.05) is 10.9 Å². The smallest absolute Gasteiger partial charge is 0.261 e. The van der Waals surface area contributed by atoms with Crippen molar-refractivity contribution in [2.75, 3.05) is 19.8 Å². The molecule has 0 aliphatic carbocycles. The van der Waals surface area contributed by atoms with Crippen LogP contribution in [0.2, 0.25) is 0 Å².